The molecule has 182 valence electrons. The largest absolute Gasteiger partial charge is 0.344 e. The Labute approximate surface area is 205 Å². The summed E-state index contributed by atoms with van der Waals surface area (Å²) in [4.78, 5) is 53.7. The van der Waals surface area contributed by atoms with Crippen molar-refractivity contribution in [2.45, 2.75) is 63.5 Å². The Morgan fingerprint density at radius 3 is 2.62 bits per heavy atom. The fourth-order valence-corrected chi connectivity index (χ4v) is 6.13. The molecule has 0 bridgehead atoms. The van der Waals surface area contributed by atoms with Crippen molar-refractivity contribution in [3.05, 3.63) is 35.9 Å². The van der Waals surface area contributed by atoms with Gasteiger partial charge in [-0.25, -0.2) is 0 Å². The van der Waals surface area contributed by atoms with E-state index in [1.165, 1.54) is 0 Å². The van der Waals surface area contributed by atoms with Gasteiger partial charge in [0.05, 0.1) is 11.9 Å². The number of thioether (sulfide) groups is 1. The van der Waals surface area contributed by atoms with Crippen molar-refractivity contribution in [2.24, 2.45) is 5.41 Å². The first kappa shape index (κ1) is 25.6. The van der Waals surface area contributed by atoms with Crippen molar-refractivity contribution in [2.75, 3.05) is 12.3 Å². The number of carbonyl (C=O) groups is 4. The van der Waals surface area contributed by atoms with Crippen LogP contribution >= 0.6 is 11.8 Å². The summed E-state index contributed by atoms with van der Waals surface area (Å²) in [5, 5.41) is 8.14. The average molecular weight is 485 g/mol. The van der Waals surface area contributed by atoms with Crippen molar-refractivity contribution < 1.29 is 19.2 Å². The zero-order valence-electron chi connectivity index (χ0n) is 19.8. The molecule has 0 unspecified atom stereocenters. The molecule has 2 saturated heterocycles. The average Bonchev–Trinajstić information content (AvgIpc) is 3.01. The highest BCUT2D eigenvalue weighted by molar-refractivity contribution is 7.99. The third kappa shape index (κ3) is 5.55. The van der Waals surface area contributed by atoms with E-state index in [4.69, 9.17) is 6.42 Å². The van der Waals surface area contributed by atoms with E-state index >= 15 is 0 Å². The minimum absolute atomic E-state index is 0.0368. The number of hydrogen-bond acceptors (Lipinski definition) is 5. The minimum atomic E-state index is -0.956. The van der Waals surface area contributed by atoms with E-state index < -0.39 is 35.4 Å². The maximum Gasteiger partial charge on any atom is 0.247 e. The van der Waals surface area contributed by atoms with Gasteiger partial charge in [0.15, 0.2) is 0 Å². The van der Waals surface area contributed by atoms with Crippen LogP contribution in [0.5, 0.6) is 0 Å². The smallest absolute Gasteiger partial charge is 0.247 e. The summed E-state index contributed by atoms with van der Waals surface area (Å²) >= 11 is 1.63. The van der Waals surface area contributed by atoms with Crippen molar-refractivity contribution in [1.29, 1.82) is 0 Å². The van der Waals surface area contributed by atoms with Crippen molar-refractivity contribution in [3.63, 3.8) is 0 Å². The Morgan fingerprint density at radius 2 is 1.97 bits per heavy atom. The molecule has 2 heterocycles. The lowest BCUT2D eigenvalue weighted by Crippen LogP contribution is -2.57. The third-order valence-electron chi connectivity index (χ3n) is 6.25. The molecule has 1 aromatic carbocycles. The van der Waals surface area contributed by atoms with E-state index in [0.29, 0.717) is 24.2 Å². The van der Waals surface area contributed by atoms with E-state index in [0.717, 1.165) is 0 Å². The number of fused-ring (bicyclic) bond motifs is 1. The number of carbonyl (C=O) groups excluding carboxylic acids is 4. The van der Waals surface area contributed by atoms with Gasteiger partial charge in [-0.05, 0) is 29.6 Å². The molecule has 0 saturated carbocycles. The van der Waals surface area contributed by atoms with Crippen LogP contribution in [0.1, 0.15) is 51.6 Å². The molecule has 0 spiro atoms. The van der Waals surface area contributed by atoms with Gasteiger partial charge in [0, 0.05) is 6.42 Å². The second-order valence-electron chi connectivity index (χ2n) is 9.20. The first-order chi connectivity index (χ1) is 16.2. The molecule has 0 aromatic heterocycles. The van der Waals surface area contributed by atoms with Gasteiger partial charge in [0.25, 0.3) is 0 Å². The predicted octanol–water partition coefficient (Wildman–Crippen LogP) is 1.58. The van der Waals surface area contributed by atoms with Crippen LogP contribution in [0, 0.1) is 17.8 Å². The van der Waals surface area contributed by atoms with Gasteiger partial charge in [0.1, 0.15) is 18.1 Å². The van der Waals surface area contributed by atoms with Gasteiger partial charge in [-0.3, -0.25) is 19.2 Å². The number of rotatable bonds is 7. The van der Waals surface area contributed by atoms with E-state index in [-0.39, 0.29) is 30.2 Å². The van der Waals surface area contributed by atoms with E-state index in [1.54, 1.807) is 47.9 Å². The molecule has 8 nitrogen and oxygen atoms in total. The van der Waals surface area contributed by atoms with Gasteiger partial charge in [0.2, 0.25) is 23.6 Å². The molecule has 2 aliphatic rings. The maximum atomic E-state index is 13.7. The van der Waals surface area contributed by atoms with Crippen LogP contribution in [0.2, 0.25) is 0 Å². The summed E-state index contributed by atoms with van der Waals surface area (Å²) < 4.78 is 0. The highest BCUT2D eigenvalue weighted by Gasteiger charge is 2.54. The highest BCUT2D eigenvalue weighted by atomic mass is 32.2. The zero-order valence-corrected chi connectivity index (χ0v) is 20.6. The Bertz CT molecular complexity index is 975. The SMILES string of the molecule is C#CCNC(=O)[C@@H](NC(=O)[C@H]1N2C(=O)[C@@H](NC(=O)CC)CCS[C@H]2CC1(C)C)c1ccccc1. The first-order valence-electron chi connectivity index (χ1n) is 11.5. The molecule has 2 fully saturated rings. The van der Waals surface area contributed by atoms with Crippen LogP contribution in [0.4, 0.5) is 0 Å². The summed E-state index contributed by atoms with van der Waals surface area (Å²) in [6, 6.07) is 6.49. The number of nitrogens with zero attached hydrogens (tertiary/aromatic N) is 1. The zero-order chi connectivity index (χ0) is 24.9. The molecule has 0 radical (unpaired) electrons. The van der Waals surface area contributed by atoms with Crippen molar-refractivity contribution in [3.8, 4) is 12.3 Å². The van der Waals surface area contributed by atoms with Crippen LogP contribution in [0.25, 0.3) is 0 Å². The van der Waals surface area contributed by atoms with Crippen LogP contribution < -0.4 is 16.0 Å². The molecule has 0 aliphatic carbocycles. The van der Waals surface area contributed by atoms with Crippen LogP contribution in [-0.4, -0.2) is 58.3 Å². The molecule has 3 N–H and O–H groups in total. The Hall–Kier alpha value is -2.99. The number of hydrogen-bond donors (Lipinski definition) is 3. The minimum Gasteiger partial charge on any atom is -0.344 e. The number of amides is 4. The lowest BCUT2D eigenvalue weighted by atomic mass is 9.83. The standard InChI is InChI=1S/C25H32N4O4S/c1-5-13-26-22(31)20(16-10-8-7-9-11-16)28-23(32)21-25(3,4)15-19-29(21)24(33)17(12-14-34-19)27-18(30)6-2/h1,7-11,17,19-21H,6,12-15H2,2-4H3,(H,26,31)(H,27,30)(H,28,32)/t17-,19-,20-,21+/m0/s1. The Kier molecular flexibility index (Phi) is 8.26. The summed E-state index contributed by atoms with van der Waals surface area (Å²) in [5.41, 5.74) is 0.0901. The second kappa shape index (κ2) is 11.0. The molecule has 9 heteroatoms. The lowest BCUT2D eigenvalue weighted by Gasteiger charge is -2.34. The van der Waals surface area contributed by atoms with Gasteiger partial charge in [-0.1, -0.05) is 57.0 Å². The van der Waals surface area contributed by atoms with Crippen molar-refractivity contribution >= 4 is 35.4 Å². The third-order valence-corrected chi connectivity index (χ3v) is 7.50. The van der Waals surface area contributed by atoms with Gasteiger partial charge >= 0.3 is 0 Å². The fourth-order valence-electron chi connectivity index (χ4n) is 4.56. The first-order valence-corrected chi connectivity index (χ1v) is 12.5. The monoisotopic (exact) mass is 484 g/mol. The maximum absolute atomic E-state index is 13.7. The molecule has 2 aliphatic heterocycles. The second-order valence-corrected chi connectivity index (χ2v) is 10.5. The summed E-state index contributed by atoms with van der Waals surface area (Å²) in [6.45, 7) is 5.68. The molecule has 4 amide bonds. The summed E-state index contributed by atoms with van der Waals surface area (Å²) in [6.07, 6.45) is 6.71. The molecule has 34 heavy (non-hydrogen) atoms. The fraction of sp³-hybridized carbons (Fsp3) is 0.520. The summed E-state index contributed by atoms with van der Waals surface area (Å²) in [5.74, 6) is 1.79. The number of benzene rings is 1. The Morgan fingerprint density at radius 1 is 1.26 bits per heavy atom. The van der Waals surface area contributed by atoms with E-state index in [1.807, 2.05) is 19.9 Å². The quantitative estimate of drug-likeness (QED) is 0.510. The van der Waals surface area contributed by atoms with Gasteiger partial charge < -0.3 is 20.9 Å². The number of nitrogens with one attached hydrogen (secondary N) is 3. The number of terminal acetylenes is 1. The molecule has 4 atom stereocenters. The molecule has 1 aromatic rings. The van der Waals surface area contributed by atoms with E-state index in [9.17, 15) is 19.2 Å². The lowest BCUT2D eigenvalue weighted by molar-refractivity contribution is -0.144. The Balaban J connectivity index is 1.89. The van der Waals surface area contributed by atoms with Crippen LogP contribution in [0.15, 0.2) is 30.3 Å². The van der Waals surface area contributed by atoms with Gasteiger partial charge in [-0.2, -0.15) is 0 Å². The predicted molar refractivity (Wildman–Crippen MR) is 131 cm³/mol. The van der Waals surface area contributed by atoms with E-state index in [2.05, 4.69) is 21.9 Å². The molecular formula is C25H32N4O4S. The summed E-state index contributed by atoms with van der Waals surface area (Å²) in [7, 11) is 0. The highest BCUT2D eigenvalue weighted by Crippen LogP contribution is 2.46. The van der Waals surface area contributed by atoms with Crippen LogP contribution in [-0.2, 0) is 19.2 Å². The molecule has 3 rings (SSSR count). The van der Waals surface area contributed by atoms with Gasteiger partial charge in [-0.15, -0.1) is 18.2 Å². The van der Waals surface area contributed by atoms with Crippen LogP contribution in [0.3, 0.4) is 0 Å². The van der Waals surface area contributed by atoms with Crippen molar-refractivity contribution in [1.82, 2.24) is 20.9 Å². The molecular weight excluding hydrogens is 452 g/mol. The normalized spacial score (nSPS) is 24.2. The topological polar surface area (TPSA) is 108 Å².